The summed E-state index contributed by atoms with van der Waals surface area (Å²) in [6, 6.07) is 6.89. The summed E-state index contributed by atoms with van der Waals surface area (Å²) < 4.78 is 0. The van der Waals surface area contributed by atoms with Gasteiger partial charge in [-0.3, -0.25) is 14.5 Å². The molecule has 44 heavy (non-hydrogen) atoms. The smallest absolute Gasteiger partial charge is 0.271 e. The van der Waals surface area contributed by atoms with Gasteiger partial charge in [0.2, 0.25) is 5.91 Å². The summed E-state index contributed by atoms with van der Waals surface area (Å²) in [7, 11) is 2.21. The minimum atomic E-state index is -0.633. The van der Waals surface area contributed by atoms with Crippen molar-refractivity contribution >= 4 is 34.8 Å². The molecule has 1 saturated carbocycles. The van der Waals surface area contributed by atoms with Crippen molar-refractivity contribution in [2.75, 3.05) is 61.8 Å². The number of amides is 2. The third-order valence-electron chi connectivity index (χ3n) is 9.46. The Kier molecular flexibility index (Phi) is 10.4. The number of anilines is 4. The Balaban J connectivity index is 1.30. The summed E-state index contributed by atoms with van der Waals surface area (Å²) in [5.74, 6) is 0.0999. The standard InChI is InChI=1S/C33H49N9O2/c1-5-25-32(38-27-10-8-7-9-26(27)36-29(43)6-2)39-33(30(37-25)31(34)44)35-23-11-12-28(22(3)21-23)42-15-13-24(14-16-42)41-19-17-40(4)18-20-41/h6,11-12,21,24,26-27H,2,5,7-10,13-20H2,1,3-4H3,(H2,34,44)(H,36,43)(H2,35,38,39)/t26-,27+/m0/s1. The second kappa shape index (κ2) is 14.4. The average molecular weight is 604 g/mol. The molecule has 11 heteroatoms. The number of nitrogens with two attached hydrogens (primary N) is 1. The van der Waals surface area contributed by atoms with Crippen molar-refractivity contribution in [3.63, 3.8) is 0 Å². The molecule has 2 amide bonds. The summed E-state index contributed by atoms with van der Waals surface area (Å²) in [5, 5.41) is 9.93. The molecule has 2 saturated heterocycles. The molecule has 3 heterocycles. The van der Waals surface area contributed by atoms with Crippen molar-refractivity contribution in [1.82, 2.24) is 25.1 Å². The summed E-state index contributed by atoms with van der Waals surface area (Å²) in [4.78, 5) is 41.6. The Labute approximate surface area is 261 Å². The highest BCUT2D eigenvalue weighted by Crippen LogP contribution is 2.31. The Morgan fingerprint density at radius 3 is 2.34 bits per heavy atom. The molecule has 0 radical (unpaired) electrons. The van der Waals surface area contributed by atoms with Gasteiger partial charge in [0.1, 0.15) is 0 Å². The number of hydrogen-bond donors (Lipinski definition) is 4. The van der Waals surface area contributed by atoms with Crippen molar-refractivity contribution in [2.45, 2.75) is 76.9 Å². The maximum absolute atomic E-state index is 12.5. The summed E-state index contributed by atoms with van der Waals surface area (Å²) >= 11 is 0. The van der Waals surface area contributed by atoms with Crippen LogP contribution in [-0.2, 0) is 11.2 Å². The number of nitrogens with one attached hydrogen (secondary N) is 3. The number of primary amides is 1. The van der Waals surface area contributed by atoms with E-state index < -0.39 is 5.91 Å². The minimum absolute atomic E-state index is 0.0125. The highest BCUT2D eigenvalue weighted by molar-refractivity contribution is 5.96. The molecule has 238 valence electrons. The fourth-order valence-corrected chi connectivity index (χ4v) is 6.87. The van der Waals surface area contributed by atoms with Gasteiger partial charge in [0.15, 0.2) is 17.3 Å². The van der Waals surface area contributed by atoms with Crippen molar-refractivity contribution in [2.24, 2.45) is 5.73 Å². The lowest BCUT2D eigenvalue weighted by molar-refractivity contribution is -0.117. The number of likely N-dealkylation sites (N-methyl/N-ethyl adjacent to an activating group) is 1. The molecular formula is C33H49N9O2. The SMILES string of the molecule is C=CC(=O)N[C@H]1CCCC[C@H]1Nc1nc(Nc2ccc(N3CCC(N4CCN(C)CC4)CC3)c(C)c2)c(C(N)=O)nc1CC. The van der Waals surface area contributed by atoms with Gasteiger partial charge in [-0.25, -0.2) is 9.97 Å². The largest absolute Gasteiger partial charge is 0.371 e. The third-order valence-corrected chi connectivity index (χ3v) is 9.46. The molecule has 0 unspecified atom stereocenters. The van der Waals surface area contributed by atoms with Crippen LogP contribution in [0.25, 0.3) is 0 Å². The van der Waals surface area contributed by atoms with Gasteiger partial charge in [-0.15, -0.1) is 0 Å². The topological polar surface area (TPSA) is 132 Å². The van der Waals surface area contributed by atoms with Crippen LogP contribution in [0.3, 0.4) is 0 Å². The molecule has 2 atom stereocenters. The zero-order valence-electron chi connectivity index (χ0n) is 26.6. The molecule has 1 aliphatic carbocycles. The van der Waals surface area contributed by atoms with Crippen LogP contribution in [-0.4, -0.2) is 96.0 Å². The van der Waals surface area contributed by atoms with E-state index in [1.807, 2.05) is 13.0 Å². The number of carbonyl (C=O) groups is 2. The molecule has 0 bridgehead atoms. The van der Waals surface area contributed by atoms with Gasteiger partial charge >= 0.3 is 0 Å². The molecule has 3 aliphatic rings. The van der Waals surface area contributed by atoms with Gasteiger partial charge in [0, 0.05) is 68.8 Å². The van der Waals surface area contributed by atoms with E-state index >= 15 is 0 Å². The van der Waals surface area contributed by atoms with Gasteiger partial charge < -0.3 is 31.5 Å². The lowest BCUT2D eigenvalue weighted by Crippen LogP contribution is -2.52. The predicted octanol–water partition coefficient (Wildman–Crippen LogP) is 3.43. The Morgan fingerprint density at radius 2 is 1.70 bits per heavy atom. The van der Waals surface area contributed by atoms with E-state index in [2.05, 4.69) is 68.3 Å². The third kappa shape index (κ3) is 7.50. The molecule has 3 fully saturated rings. The van der Waals surface area contributed by atoms with Crippen molar-refractivity contribution < 1.29 is 9.59 Å². The molecule has 1 aromatic heterocycles. The predicted molar refractivity (Wildman–Crippen MR) is 177 cm³/mol. The maximum Gasteiger partial charge on any atom is 0.271 e. The number of rotatable bonds is 10. The second-order valence-corrected chi connectivity index (χ2v) is 12.5. The van der Waals surface area contributed by atoms with Crippen LogP contribution in [0.4, 0.5) is 23.0 Å². The zero-order valence-corrected chi connectivity index (χ0v) is 26.6. The van der Waals surface area contributed by atoms with Gasteiger partial charge in [0.05, 0.1) is 5.69 Å². The fraction of sp³-hybridized carbons (Fsp3) is 0.576. The second-order valence-electron chi connectivity index (χ2n) is 12.5. The van der Waals surface area contributed by atoms with E-state index in [9.17, 15) is 9.59 Å². The van der Waals surface area contributed by atoms with Crippen LogP contribution in [0.1, 0.15) is 67.2 Å². The van der Waals surface area contributed by atoms with Gasteiger partial charge in [-0.1, -0.05) is 26.3 Å². The first kappa shape index (κ1) is 31.7. The Hall–Kier alpha value is -3.70. The summed E-state index contributed by atoms with van der Waals surface area (Å²) in [6.07, 6.45) is 8.09. The Morgan fingerprint density at radius 1 is 1.00 bits per heavy atom. The van der Waals surface area contributed by atoms with E-state index in [0.29, 0.717) is 29.8 Å². The molecule has 11 nitrogen and oxygen atoms in total. The monoisotopic (exact) mass is 603 g/mol. The molecule has 1 aromatic carbocycles. The van der Waals surface area contributed by atoms with Crippen LogP contribution < -0.4 is 26.6 Å². The first-order chi connectivity index (χ1) is 21.2. The van der Waals surface area contributed by atoms with E-state index in [4.69, 9.17) is 10.7 Å². The van der Waals surface area contributed by atoms with E-state index in [1.165, 1.54) is 37.7 Å². The van der Waals surface area contributed by atoms with Gasteiger partial charge in [-0.2, -0.15) is 0 Å². The van der Waals surface area contributed by atoms with Crippen LogP contribution in [0.15, 0.2) is 30.9 Å². The van der Waals surface area contributed by atoms with Crippen LogP contribution in [0.5, 0.6) is 0 Å². The van der Waals surface area contributed by atoms with Crippen molar-refractivity contribution in [1.29, 1.82) is 0 Å². The minimum Gasteiger partial charge on any atom is -0.371 e. The number of hydrogen-bond acceptors (Lipinski definition) is 9. The van der Waals surface area contributed by atoms with E-state index in [0.717, 1.165) is 63.1 Å². The van der Waals surface area contributed by atoms with Crippen LogP contribution in [0.2, 0.25) is 0 Å². The number of piperidine rings is 1. The lowest BCUT2D eigenvalue weighted by atomic mass is 9.90. The first-order valence-electron chi connectivity index (χ1n) is 16.2. The number of aryl methyl sites for hydroxylation is 2. The molecule has 2 aliphatic heterocycles. The average Bonchev–Trinajstić information content (AvgIpc) is 3.02. The number of carbonyl (C=O) groups excluding carboxylic acids is 2. The maximum atomic E-state index is 12.5. The normalized spacial score (nSPS) is 21.9. The highest BCUT2D eigenvalue weighted by Gasteiger charge is 2.29. The molecular weight excluding hydrogens is 554 g/mol. The fourth-order valence-electron chi connectivity index (χ4n) is 6.87. The number of benzene rings is 1. The number of aromatic nitrogens is 2. The molecule has 2 aromatic rings. The highest BCUT2D eigenvalue weighted by atomic mass is 16.2. The summed E-state index contributed by atoms with van der Waals surface area (Å²) in [6.45, 7) is 14.4. The molecule has 5 rings (SSSR count). The number of nitrogens with zero attached hydrogens (tertiary/aromatic N) is 5. The van der Waals surface area contributed by atoms with Crippen LogP contribution >= 0.6 is 0 Å². The first-order valence-corrected chi connectivity index (χ1v) is 16.2. The Bertz CT molecular complexity index is 1330. The molecule has 5 N–H and O–H groups in total. The quantitative estimate of drug-likeness (QED) is 0.302. The van der Waals surface area contributed by atoms with Gasteiger partial charge in [-0.05, 0) is 75.9 Å². The van der Waals surface area contributed by atoms with Crippen molar-refractivity contribution in [3.8, 4) is 0 Å². The van der Waals surface area contributed by atoms with Crippen LogP contribution in [0, 0.1) is 6.92 Å². The zero-order chi connectivity index (χ0) is 31.2. The van der Waals surface area contributed by atoms with E-state index in [-0.39, 0.29) is 23.7 Å². The molecule has 0 spiro atoms. The summed E-state index contributed by atoms with van der Waals surface area (Å²) in [5.41, 5.74) is 9.76. The van der Waals surface area contributed by atoms with E-state index in [1.54, 1.807) is 0 Å². The van der Waals surface area contributed by atoms with Crippen molar-refractivity contribution in [3.05, 3.63) is 47.8 Å². The number of piperazine rings is 1. The van der Waals surface area contributed by atoms with Gasteiger partial charge in [0.25, 0.3) is 5.91 Å². The lowest BCUT2D eigenvalue weighted by Gasteiger charge is -2.43.